The summed E-state index contributed by atoms with van der Waals surface area (Å²) in [7, 11) is 2.17. The van der Waals surface area contributed by atoms with Crippen molar-refractivity contribution in [2.24, 2.45) is 0 Å². The summed E-state index contributed by atoms with van der Waals surface area (Å²) in [6, 6.07) is 1.22. The molecule has 0 aromatic carbocycles. The molecule has 1 N–H and O–H groups in total. The Bertz CT molecular complexity index is 414. The van der Waals surface area contributed by atoms with Gasteiger partial charge in [0.15, 0.2) is 0 Å². The number of rotatable bonds is 4. The average Bonchev–Trinajstić information content (AvgIpc) is 3.21. The Kier molecular flexibility index (Phi) is 3.66. The molecule has 104 valence electrons. The molecule has 0 spiro atoms. The van der Waals surface area contributed by atoms with E-state index < -0.39 is 0 Å². The Hall–Kier alpha value is -1.20. The van der Waals surface area contributed by atoms with E-state index in [1.54, 1.807) is 0 Å². The summed E-state index contributed by atoms with van der Waals surface area (Å²) in [5.74, 6) is 1.01. The van der Waals surface area contributed by atoms with Crippen LogP contribution in [0.15, 0.2) is 12.4 Å². The van der Waals surface area contributed by atoms with Gasteiger partial charge in [0.25, 0.3) is 0 Å². The first-order valence-corrected chi connectivity index (χ1v) is 7.22. The van der Waals surface area contributed by atoms with E-state index in [2.05, 4.69) is 39.1 Å². The smallest absolute Gasteiger partial charge is 0.147 e. The third-order valence-electron chi connectivity index (χ3n) is 3.97. The molecule has 1 aromatic rings. The van der Waals surface area contributed by atoms with Gasteiger partial charge in [-0.25, -0.2) is 4.98 Å². The van der Waals surface area contributed by atoms with Crippen molar-refractivity contribution in [1.29, 1.82) is 0 Å². The summed E-state index contributed by atoms with van der Waals surface area (Å²) in [6.07, 6.45) is 6.45. The van der Waals surface area contributed by atoms with E-state index in [0.29, 0.717) is 6.04 Å². The van der Waals surface area contributed by atoms with Gasteiger partial charge < -0.3 is 15.1 Å². The average molecular weight is 261 g/mol. The Labute approximate surface area is 115 Å². The van der Waals surface area contributed by atoms with Crippen LogP contribution in [0.25, 0.3) is 0 Å². The molecule has 1 atom stereocenters. The molecular formula is C14H23N5. The minimum Gasteiger partial charge on any atom is -0.350 e. The molecule has 2 fully saturated rings. The lowest BCUT2D eigenvalue weighted by atomic mass is 10.2. The number of nitrogens with zero attached hydrogens (tertiary/aromatic N) is 4. The highest BCUT2D eigenvalue weighted by atomic mass is 15.3. The quantitative estimate of drug-likeness (QED) is 0.871. The maximum Gasteiger partial charge on any atom is 0.147 e. The van der Waals surface area contributed by atoms with Crippen LogP contribution in [0, 0.1) is 0 Å². The standard InChI is InChI=1S/C14H23N5/c1-11-10-18(2)5-6-19(11)14-9-16-13(8-17-14)7-15-12-3-4-12/h8-9,11-12,15H,3-7,10H2,1-2H3. The van der Waals surface area contributed by atoms with Crippen LogP contribution in [0.2, 0.25) is 0 Å². The van der Waals surface area contributed by atoms with Gasteiger partial charge in [-0.1, -0.05) is 0 Å². The Morgan fingerprint density at radius 1 is 1.26 bits per heavy atom. The summed E-state index contributed by atoms with van der Waals surface area (Å²) >= 11 is 0. The van der Waals surface area contributed by atoms with Gasteiger partial charge in [0.2, 0.25) is 0 Å². The zero-order valence-corrected chi connectivity index (χ0v) is 11.8. The number of piperazine rings is 1. The summed E-state index contributed by atoms with van der Waals surface area (Å²) in [5.41, 5.74) is 1.04. The number of nitrogens with one attached hydrogen (secondary N) is 1. The SMILES string of the molecule is CC1CN(C)CCN1c1cnc(CNC2CC2)cn1. The van der Waals surface area contributed by atoms with Crippen molar-refractivity contribution in [2.45, 2.75) is 38.4 Å². The fourth-order valence-corrected chi connectivity index (χ4v) is 2.60. The molecule has 1 aliphatic heterocycles. The molecule has 1 aliphatic carbocycles. The number of anilines is 1. The summed E-state index contributed by atoms with van der Waals surface area (Å²) in [5, 5.41) is 3.46. The van der Waals surface area contributed by atoms with E-state index in [0.717, 1.165) is 43.7 Å². The highest BCUT2D eigenvalue weighted by Crippen LogP contribution is 2.19. The first-order valence-electron chi connectivity index (χ1n) is 7.22. The predicted octanol–water partition coefficient (Wildman–Crippen LogP) is 0.869. The maximum atomic E-state index is 4.58. The van der Waals surface area contributed by atoms with Crippen molar-refractivity contribution in [3.63, 3.8) is 0 Å². The van der Waals surface area contributed by atoms with Crippen molar-refractivity contribution in [3.05, 3.63) is 18.1 Å². The van der Waals surface area contributed by atoms with Gasteiger partial charge in [0, 0.05) is 38.3 Å². The topological polar surface area (TPSA) is 44.3 Å². The molecule has 0 bridgehead atoms. The van der Waals surface area contributed by atoms with E-state index in [4.69, 9.17) is 0 Å². The highest BCUT2D eigenvalue weighted by molar-refractivity contribution is 5.38. The molecule has 1 aromatic heterocycles. The van der Waals surface area contributed by atoms with Crippen LogP contribution in [0.1, 0.15) is 25.5 Å². The largest absolute Gasteiger partial charge is 0.350 e. The van der Waals surface area contributed by atoms with Crippen molar-refractivity contribution in [3.8, 4) is 0 Å². The second-order valence-electron chi connectivity index (χ2n) is 5.83. The second-order valence-corrected chi connectivity index (χ2v) is 5.83. The summed E-state index contributed by atoms with van der Waals surface area (Å²) in [4.78, 5) is 13.8. The molecule has 19 heavy (non-hydrogen) atoms. The van der Waals surface area contributed by atoms with Gasteiger partial charge >= 0.3 is 0 Å². The van der Waals surface area contributed by atoms with Gasteiger partial charge in [-0.05, 0) is 26.8 Å². The van der Waals surface area contributed by atoms with E-state index in [1.807, 2.05) is 12.4 Å². The van der Waals surface area contributed by atoms with Crippen LogP contribution in [0.4, 0.5) is 5.82 Å². The normalized spacial score (nSPS) is 24.7. The molecule has 5 nitrogen and oxygen atoms in total. The lowest BCUT2D eigenvalue weighted by Gasteiger charge is -2.38. The number of aromatic nitrogens is 2. The number of hydrogen-bond donors (Lipinski definition) is 1. The molecule has 5 heteroatoms. The van der Waals surface area contributed by atoms with Crippen LogP contribution in [0.3, 0.4) is 0 Å². The first kappa shape index (κ1) is 12.8. The minimum absolute atomic E-state index is 0.503. The molecular weight excluding hydrogens is 238 g/mol. The van der Waals surface area contributed by atoms with Crippen molar-refractivity contribution in [1.82, 2.24) is 20.2 Å². The Morgan fingerprint density at radius 2 is 2.11 bits per heavy atom. The highest BCUT2D eigenvalue weighted by Gasteiger charge is 2.23. The molecule has 1 unspecified atom stereocenters. The van der Waals surface area contributed by atoms with Gasteiger partial charge in [-0.2, -0.15) is 0 Å². The molecule has 1 saturated heterocycles. The van der Waals surface area contributed by atoms with Crippen LogP contribution in [-0.4, -0.2) is 53.6 Å². The molecule has 2 aliphatic rings. The van der Waals surface area contributed by atoms with Gasteiger partial charge in [0.1, 0.15) is 5.82 Å². The molecule has 2 heterocycles. The van der Waals surface area contributed by atoms with E-state index in [9.17, 15) is 0 Å². The van der Waals surface area contributed by atoms with Crippen LogP contribution >= 0.6 is 0 Å². The van der Waals surface area contributed by atoms with E-state index in [-0.39, 0.29) is 0 Å². The zero-order chi connectivity index (χ0) is 13.2. The number of hydrogen-bond acceptors (Lipinski definition) is 5. The lowest BCUT2D eigenvalue weighted by Crippen LogP contribution is -2.50. The molecule has 0 amide bonds. The van der Waals surface area contributed by atoms with Gasteiger partial charge in [0.05, 0.1) is 18.1 Å². The van der Waals surface area contributed by atoms with Crippen LogP contribution in [0.5, 0.6) is 0 Å². The van der Waals surface area contributed by atoms with Gasteiger partial charge in [-0.15, -0.1) is 0 Å². The third-order valence-corrected chi connectivity index (χ3v) is 3.97. The van der Waals surface area contributed by atoms with E-state index in [1.165, 1.54) is 12.8 Å². The Morgan fingerprint density at radius 3 is 2.74 bits per heavy atom. The van der Waals surface area contributed by atoms with Crippen molar-refractivity contribution < 1.29 is 0 Å². The second kappa shape index (κ2) is 5.43. The minimum atomic E-state index is 0.503. The van der Waals surface area contributed by atoms with Gasteiger partial charge in [-0.3, -0.25) is 4.98 Å². The number of likely N-dealkylation sites (N-methyl/N-ethyl adjacent to an activating group) is 1. The molecule has 3 rings (SSSR count). The fraction of sp³-hybridized carbons (Fsp3) is 0.714. The predicted molar refractivity (Wildman–Crippen MR) is 76.2 cm³/mol. The van der Waals surface area contributed by atoms with Crippen molar-refractivity contribution >= 4 is 5.82 Å². The zero-order valence-electron chi connectivity index (χ0n) is 11.8. The third kappa shape index (κ3) is 3.22. The van der Waals surface area contributed by atoms with E-state index >= 15 is 0 Å². The van der Waals surface area contributed by atoms with Crippen LogP contribution < -0.4 is 10.2 Å². The first-order chi connectivity index (χ1) is 9.22. The molecule has 1 saturated carbocycles. The van der Waals surface area contributed by atoms with Crippen molar-refractivity contribution in [2.75, 3.05) is 31.6 Å². The lowest BCUT2D eigenvalue weighted by molar-refractivity contribution is 0.274. The fourth-order valence-electron chi connectivity index (χ4n) is 2.60. The summed E-state index contributed by atoms with van der Waals surface area (Å²) in [6.45, 7) is 6.31. The maximum absolute atomic E-state index is 4.58. The van der Waals surface area contributed by atoms with Crippen LogP contribution in [-0.2, 0) is 6.54 Å². The monoisotopic (exact) mass is 261 g/mol. The summed E-state index contributed by atoms with van der Waals surface area (Å²) < 4.78 is 0. The Balaban J connectivity index is 1.60. The molecule has 0 radical (unpaired) electrons.